The van der Waals surface area contributed by atoms with Crippen molar-refractivity contribution in [1.82, 2.24) is 5.32 Å². The SMILES string of the molecule is CCC(C)C(NC(C)c1cccc(F)c1F)C(=O)OC. The molecule has 0 amide bonds. The molecule has 0 heterocycles. The van der Waals surface area contributed by atoms with Gasteiger partial charge in [0.15, 0.2) is 11.6 Å². The normalized spacial score (nSPS) is 15.5. The number of nitrogens with one attached hydrogen (secondary N) is 1. The molecule has 0 saturated carbocycles. The quantitative estimate of drug-likeness (QED) is 0.816. The first-order valence-corrected chi connectivity index (χ1v) is 6.70. The molecule has 1 N–H and O–H groups in total. The highest BCUT2D eigenvalue weighted by Gasteiger charge is 2.27. The zero-order valence-corrected chi connectivity index (χ0v) is 12.2. The summed E-state index contributed by atoms with van der Waals surface area (Å²) in [7, 11) is 1.31. The molecule has 112 valence electrons. The lowest BCUT2D eigenvalue weighted by Crippen LogP contribution is -2.43. The van der Waals surface area contributed by atoms with E-state index in [2.05, 4.69) is 5.32 Å². The van der Waals surface area contributed by atoms with E-state index in [0.29, 0.717) is 0 Å². The van der Waals surface area contributed by atoms with E-state index in [1.807, 2.05) is 13.8 Å². The highest BCUT2D eigenvalue weighted by Crippen LogP contribution is 2.21. The van der Waals surface area contributed by atoms with E-state index in [-0.39, 0.29) is 11.5 Å². The second-order valence-corrected chi connectivity index (χ2v) is 4.92. The number of carbonyl (C=O) groups is 1. The standard InChI is InChI=1S/C15H21F2NO2/c1-5-9(2)14(15(19)20-4)18-10(3)11-7-6-8-12(16)13(11)17/h6-10,14,18H,5H2,1-4H3. The monoisotopic (exact) mass is 285 g/mol. The van der Waals surface area contributed by atoms with E-state index in [1.54, 1.807) is 6.92 Å². The smallest absolute Gasteiger partial charge is 0.323 e. The lowest BCUT2D eigenvalue weighted by atomic mass is 9.97. The molecule has 3 unspecified atom stereocenters. The first kappa shape index (κ1) is 16.6. The van der Waals surface area contributed by atoms with Crippen LogP contribution in [0.25, 0.3) is 0 Å². The number of esters is 1. The molecule has 0 radical (unpaired) electrons. The third kappa shape index (κ3) is 3.76. The highest BCUT2D eigenvalue weighted by atomic mass is 19.2. The van der Waals surface area contributed by atoms with Crippen molar-refractivity contribution in [2.75, 3.05) is 7.11 Å². The van der Waals surface area contributed by atoms with Crippen LogP contribution in [0.15, 0.2) is 18.2 Å². The summed E-state index contributed by atoms with van der Waals surface area (Å²) in [5.41, 5.74) is 0.196. The molecule has 20 heavy (non-hydrogen) atoms. The third-order valence-electron chi connectivity index (χ3n) is 3.55. The van der Waals surface area contributed by atoms with Gasteiger partial charge in [0.05, 0.1) is 7.11 Å². The molecule has 0 spiro atoms. The van der Waals surface area contributed by atoms with Crippen LogP contribution in [0, 0.1) is 17.6 Å². The van der Waals surface area contributed by atoms with Crippen LogP contribution in [-0.2, 0) is 9.53 Å². The van der Waals surface area contributed by atoms with Gasteiger partial charge < -0.3 is 4.74 Å². The predicted molar refractivity (Wildman–Crippen MR) is 73.2 cm³/mol. The number of rotatable bonds is 6. The van der Waals surface area contributed by atoms with Gasteiger partial charge in [0.1, 0.15) is 6.04 Å². The number of ether oxygens (including phenoxy) is 1. The molecule has 0 aliphatic carbocycles. The Morgan fingerprint density at radius 3 is 2.55 bits per heavy atom. The number of halogens is 2. The Labute approximate surface area is 118 Å². The summed E-state index contributed by atoms with van der Waals surface area (Å²) in [6.07, 6.45) is 0.769. The summed E-state index contributed by atoms with van der Waals surface area (Å²) >= 11 is 0. The average molecular weight is 285 g/mol. The zero-order chi connectivity index (χ0) is 15.3. The summed E-state index contributed by atoms with van der Waals surface area (Å²) in [5.74, 6) is -2.15. The van der Waals surface area contributed by atoms with Crippen molar-refractivity contribution < 1.29 is 18.3 Å². The number of methoxy groups -OCH3 is 1. The van der Waals surface area contributed by atoms with Crippen LogP contribution in [0.2, 0.25) is 0 Å². The molecule has 0 saturated heterocycles. The molecule has 5 heteroatoms. The molecule has 0 aliphatic rings. The van der Waals surface area contributed by atoms with Crippen molar-refractivity contribution in [2.45, 2.75) is 39.3 Å². The first-order chi connectivity index (χ1) is 9.42. The Hall–Kier alpha value is -1.49. The average Bonchev–Trinajstić information content (AvgIpc) is 2.45. The Morgan fingerprint density at radius 2 is 2.00 bits per heavy atom. The van der Waals surface area contributed by atoms with Crippen molar-refractivity contribution in [3.63, 3.8) is 0 Å². The van der Waals surface area contributed by atoms with Crippen LogP contribution < -0.4 is 5.32 Å². The Bertz CT molecular complexity index is 465. The highest BCUT2D eigenvalue weighted by molar-refractivity contribution is 5.76. The Kier molecular flexibility index (Phi) is 6.07. The van der Waals surface area contributed by atoms with Crippen molar-refractivity contribution in [3.8, 4) is 0 Å². The number of benzene rings is 1. The van der Waals surface area contributed by atoms with Crippen LogP contribution in [0.5, 0.6) is 0 Å². The maximum atomic E-state index is 13.7. The van der Waals surface area contributed by atoms with E-state index < -0.39 is 29.7 Å². The maximum Gasteiger partial charge on any atom is 0.323 e. The van der Waals surface area contributed by atoms with Gasteiger partial charge in [-0.2, -0.15) is 0 Å². The number of carbonyl (C=O) groups excluding carboxylic acids is 1. The summed E-state index contributed by atoms with van der Waals surface area (Å²) in [6.45, 7) is 5.55. The van der Waals surface area contributed by atoms with Gasteiger partial charge in [-0.3, -0.25) is 10.1 Å². The molecule has 1 rings (SSSR count). The summed E-state index contributed by atoms with van der Waals surface area (Å²) in [5, 5.41) is 3.02. The molecule has 1 aromatic rings. The lowest BCUT2D eigenvalue weighted by Gasteiger charge is -2.26. The van der Waals surface area contributed by atoms with Crippen LogP contribution in [0.1, 0.15) is 38.8 Å². The van der Waals surface area contributed by atoms with Gasteiger partial charge >= 0.3 is 5.97 Å². The molecule has 0 aliphatic heterocycles. The fourth-order valence-electron chi connectivity index (χ4n) is 2.04. The van der Waals surface area contributed by atoms with Crippen LogP contribution in [0.4, 0.5) is 8.78 Å². The van der Waals surface area contributed by atoms with Crippen LogP contribution in [-0.4, -0.2) is 19.1 Å². The minimum absolute atomic E-state index is 0.0292. The topological polar surface area (TPSA) is 38.3 Å². The van der Waals surface area contributed by atoms with Crippen molar-refractivity contribution >= 4 is 5.97 Å². The minimum Gasteiger partial charge on any atom is -0.468 e. The molecular weight excluding hydrogens is 264 g/mol. The third-order valence-corrected chi connectivity index (χ3v) is 3.55. The largest absolute Gasteiger partial charge is 0.468 e. The zero-order valence-electron chi connectivity index (χ0n) is 12.2. The maximum absolute atomic E-state index is 13.7. The molecule has 0 bridgehead atoms. The number of hydrogen-bond acceptors (Lipinski definition) is 3. The van der Waals surface area contributed by atoms with Crippen molar-refractivity contribution in [3.05, 3.63) is 35.4 Å². The second-order valence-electron chi connectivity index (χ2n) is 4.92. The van der Waals surface area contributed by atoms with E-state index in [4.69, 9.17) is 4.74 Å². The van der Waals surface area contributed by atoms with Gasteiger partial charge in [0, 0.05) is 11.6 Å². The van der Waals surface area contributed by atoms with Crippen LogP contribution >= 0.6 is 0 Å². The van der Waals surface area contributed by atoms with Gasteiger partial charge in [-0.1, -0.05) is 32.4 Å². The Balaban J connectivity index is 2.93. The van der Waals surface area contributed by atoms with Gasteiger partial charge in [-0.15, -0.1) is 0 Å². The van der Waals surface area contributed by atoms with Gasteiger partial charge in [-0.25, -0.2) is 8.78 Å². The molecule has 0 fully saturated rings. The van der Waals surface area contributed by atoms with Crippen molar-refractivity contribution in [1.29, 1.82) is 0 Å². The lowest BCUT2D eigenvalue weighted by molar-refractivity contribution is -0.144. The van der Waals surface area contributed by atoms with Crippen molar-refractivity contribution in [2.24, 2.45) is 5.92 Å². The van der Waals surface area contributed by atoms with Gasteiger partial charge in [0.2, 0.25) is 0 Å². The summed E-state index contributed by atoms with van der Waals surface area (Å²) in [4.78, 5) is 11.8. The number of hydrogen-bond donors (Lipinski definition) is 1. The molecule has 1 aromatic carbocycles. The fourth-order valence-corrected chi connectivity index (χ4v) is 2.04. The molecule has 3 atom stereocenters. The van der Waals surface area contributed by atoms with E-state index in [9.17, 15) is 13.6 Å². The summed E-state index contributed by atoms with van der Waals surface area (Å²) < 4.78 is 31.7. The van der Waals surface area contributed by atoms with Gasteiger partial charge in [-0.05, 0) is 18.9 Å². The Morgan fingerprint density at radius 1 is 1.35 bits per heavy atom. The fraction of sp³-hybridized carbons (Fsp3) is 0.533. The second kappa shape index (κ2) is 7.33. The minimum atomic E-state index is -0.894. The van der Waals surface area contributed by atoms with E-state index in [0.717, 1.165) is 12.5 Å². The van der Waals surface area contributed by atoms with Gasteiger partial charge in [0.25, 0.3) is 0 Å². The van der Waals surface area contributed by atoms with E-state index >= 15 is 0 Å². The predicted octanol–water partition coefficient (Wildman–Crippen LogP) is 3.20. The molecule has 0 aromatic heterocycles. The summed E-state index contributed by atoms with van der Waals surface area (Å²) in [6, 6.07) is 2.97. The molecule has 3 nitrogen and oxygen atoms in total. The van der Waals surface area contributed by atoms with Crippen LogP contribution in [0.3, 0.4) is 0 Å². The van der Waals surface area contributed by atoms with E-state index in [1.165, 1.54) is 19.2 Å². The molecular formula is C15H21F2NO2. The first-order valence-electron chi connectivity index (χ1n) is 6.70.